The molecule has 0 heterocycles. The predicted octanol–water partition coefficient (Wildman–Crippen LogP) is 3.31. The average molecular weight is 340 g/mol. The normalized spacial score (nSPS) is 12.0. The van der Waals surface area contributed by atoms with Crippen LogP contribution in [0.2, 0.25) is 10.0 Å². The van der Waals surface area contributed by atoms with Crippen LogP contribution in [0.1, 0.15) is 11.1 Å². The van der Waals surface area contributed by atoms with Crippen LogP contribution in [0.15, 0.2) is 42.5 Å². The number of hydrogen-bond acceptors (Lipinski definition) is 4. The second-order valence-electron chi connectivity index (χ2n) is 4.81. The molecule has 0 aromatic heterocycles. The van der Waals surface area contributed by atoms with E-state index in [1.54, 1.807) is 0 Å². The van der Waals surface area contributed by atoms with Crippen molar-refractivity contribution in [2.24, 2.45) is 5.73 Å². The zero-order valence-corrected chi connectivity index (χ0v) is 13.1. The second-order valence-corrected chi connectivity index (χ2v) is 5.63. The molecule has 0 radical (unpaired) electrons. The maximum Gasteiger partial charge on any atom is 0.323 e. The van der Waals surface area contributed by atoms with Crippen molar-refractivity contribution in [1.29, 1.82) is 0 Å². The molecule has 1 atom stereocenters. The molecule has 0 saturated heterocycles. The highest BCUT2D eigenvalue weighted by Gasteiger charge is 2.17. The van der Waals surface area contributed by atoms with E-state index in [0.29, 0.717) is 5.56 Å². The van der Waals surface area contributed by atoms with Gasteiger partial charge in [-0.3, -0.25) is 4.79 Å². The summed E-state index contributed by atoms with van der Waals surface area (Å²) in [4.78, 5) is 11.9. The summed E-state index contributed by atoms with van der Waals surface area (Å²) in [5, 5.41) is 9.73. The van der Waals surface area contributed by atoms with Gasteiger partial charge in [0, 0.05) is 0 Å². The molecule has 3 N–H and O–H groups in total. The number of carbonyl (C=O) groups is 1. The van der Waals surface area contributed by atoms with Crippen LogP contribution < -0.4 is 5.73 Å². The monoisotopic (exact) mass is 339 g/mol. The maximum atomic E-state index is 11.9. The Kier molecular flexibility index (Phi) is 5.66. The van der Waals surface area contributed by atoms with Crippen LogP contribution in [0, 0.1) is 0 Å². The number of halogens is 2. The number of benzene rings is 2. The van der Waals surface area contributed by atoms with Gasteiger partial charge in [0.05, 0.1) is 10.0 Å². The summed E-state index contributed by atoms with van der Waals surface area (Å²) in [5.74, 6) is -0.698. The van der Waals surface area contributed by atoms with Gasteiger partial charge in [0.1, 0.15) is 12.6 Å². The third-order valence-electron chi connectivity index (χ3n) is 3.06. The van der Waals surface area contributed by atoms with Crippen molar-refractivity contribution in [3.63, 3.8) is 0 Å². The molecular weight excluding hydrogens is 325 g/mol. The predicted molar refractivity (Wildman–Crippen MR) is 86.0 cm³/mol. The van der Waals surface area contributed by atoms with Gasteiger partial charge in [-0.1, -0.05) is 53.5 Å². The van der Waals surface area contributed by atoms with Crippen LogP contribution in [0.3, 0.4) is 0 Å². The van der Waals surface area contributed by atoms with Crippen molar-refractivity contribution in [1.82, 2.24) is 0 Å². The molecule has 0 aliphatic rings. The lowest BCUT2D eigenvalue weighted by Gasteiger charge is -2.12. The van der Waals surface area contributed by atoms with E-state index >= 15 is 0 Å². The first kappa shape index (κ1) is 16.6. The summed E-state index contributed by atoms with van der Waals surface area (Å²) >= 11 is 11.7. The average Bonchev–Trinajstić information content (AvgIpc) is 2.51. The lowest BCUT2D eigenvalue weighted by atomic mass is 10.1. The van der Waals surface area contributed by atoms with Gasteiger partial charge in [0.15, 0.2) is 5.75 Å². The second kappa shape index (κ2) is 7.49. The third kappa shape index (κ3) is 4.37. The van der Waals surface area contributed by atoms with Crippen LogP contribution in [0.25, 0.3) is 0 Å². The molecule has 2 aromatic rings. The zero-order valence-electron chi connectivity index (χ0n) is 11.6. The molecule has 0 amide bonds. The van der Waals surface area contributed by atoms with Gasteiger partial charge in [0.25, 0.3) is 0 Å². The van der Waals surface area contributed by atoms with Crippen LogP contribution in [-0.4, -0.2) is 17.1 Å². The van der Waals surface area contributed by atoms with E-state index in [4.69, 9.17) is 33.7 Å². The number of esters is 1. The van der Waals surface area contributed by atoms with Crippen LogP contribution >= 0.6 is 23.2 Å². The van der Waals surface area contributed by atoms with Crippen LogP contribution in [-0.2, 0) is 22.6 Å². The lowest BCUT2D eigenvalue weighted by Crippen LogP contribution is -2.34. The van der Waals surface area contributed by atoms with Crippen molar-refractivity contribution in [2.75, 3.05) is 0 Å². The molecule has 4 nitrogen and oxygen atoms in total. The molecule has 0 spiro atoms. The number of hydrogen-bond donors (Lipinski definition) is 2. The van der Waals surface area contributed by atoms with E-state index in [9.17, 15) is 9.90 Å². The largest absolute Gasteiger partial charge is 0.505 e. The van der Waals surface area contributed by atoms with Crippen molar-refractivity contribution in [3.05, 3.63) is 63.6 Å². The first-order valence-corrected chi connectivity index (χ1v) is 7.36. The molecular formula is C16H15Cl2NO3. The minimum atomic E-state index is -0.833. The van der Waals surface area contributed by atoms with Crippen molar-refractivity contribution in [3.8, 4) is 5.75 Å². The molecule has 0 saturated carbocycles. The first-order valence-electron chi connectivity index (χ1n) is 6.60. The Bertz CT molecular complexity index is 639. The van der Waals surface area contributed by atoms with E-state index in [1.165, 1.54) is 12.1 Å². The summed E-state index contributed by atoms with van der Waals surface area (Å²) in [6.07, 6.45) is 0.216. The molecule has 0 aliphatic carbocycles. The Hall–Kier alpha value is -1.75. The van der Waals surface area contributed by atoms with Gasteiger partial charge in [0.2, 0.25) is 0 Å². The van der Waals surface area contributed by atoms with Gasteiger partial charge in [-0.15, -0.1) is 0 Å². The van der Waals surface area contributed by atoms with E-state index in [2.05, 4.69) is 0 Å². The number of carbonyl (C=O) groups excluding carboxylic acids is 1. The topological polar surface area (TPSA) is 72.5 Å². The van der Waals surface area contributed by atoms with Crippen LogP contribution in [0.5, 0.6) is 5.75 Å². The van der Waals surface area contributed by atoms with Gasteiger partial charge in [-0.2, -0.15) is 0 Å². The number of phenols is 1. The van der Waals surface area contributed by atoms with E-state index in [0.717, 1.165) is 5.56 Å². The quantitative estimate of drug-likeness (QED) is 0.819. The molecule has 0 unspecified atom stereocenters. The minimum absolute atomic E-state index is 0.118. The molecule has 2 rings (SSSR count). The Morgan fingerprint density at radius 3 is 2.32 bits per heavy atom. The summed E-state index contributed by atoms with van der Waals surface area (Å²) in [6.45, 7) is 0.171. The molecule has 0 fully saturated rings. The minimum Gasteiger partial charge on any atom is -0.505 e. The smallest absolute Gasteiger partial charge is 0.323 e. The molecule has 0 bridgehead atoms. The Balaban J connectivity index is 1.94. The van der Waals surface area contributed by atoms with Gasteiger partial charge < -0.3 is 15.6 Å². The fourth-order valence-corrected chi connectivity index (χ4v) is 2.44. The van der Waals surface area contributed by atoms with Gasteiger partial charge >= 0.3 is 5.97 Å². The number of ether oxygens (including phenoxy) is 1. The van der Waals surface area contributed by atoms with Crippen molar-refractivity contribution in [2.45, 2.75) is 19.1 Å². The van der Waals surface area contributed by atoms with Gasteiger partial charge in [-0.25, -0.2) is 0 Å². The summed E-state index contributed by atoms with van der Waals surface area (Å²) < 4.78 is 5.17. The Labute approximate surface area is 138 Å². The highest BCUT2D eigenvalue weighted by molar-refractivity contribution is 6.37. The fraction of sp³-hybridized carbons (Fsp3) is 0.188. The number of nitrogens with two attached hydrogens (primary N) is 1. The Morgan fingerprint density at radius 1 is 1.14 bits per heavy atom. The standard InChI is InChI=1S/C16H15Cl2NO3/c17-12-6-11(7-13(18)15(12)20)8-14(19)16(21)22-9-10-4-2-1-3-5-10/h1-7,14,20H,8-9,19H2/t14-/m1/s1. The summed E-state index contributed by atoms with van der Waals surface area (Å²) in [7, 11) is 0. The van der Waals surface area contributed by atoms with Crippen LogP contribution in [0.4, 0.5) is 0 Å². The lowest BCUT2D eigenvalue weighted by molar-refractivity contribution is -0.146. The molecule has 0 aliphatic heterocycles. The summed E-state index contributed by atoms with van der Waals surface area (Å²) in [5.41, 5.74) is 7.37. The first-order chi connectivity index (χ1) is 10.5. The molecule has 6 heteroatoms. The zero-order chi connectivity index (χ0) is 16.1. The summed E-state index contributed by atoms with van der Waals surface area (Å²) in [6, 6.07) is 11.5. The van der Waals surface area contributed by atoms with E-state index < -0.39 is 12.0 Å². The molecule has 116 valence electrons. The molecule has 2 aromatic carbocycles. The maximum absolute atomic E-state index is 11.9. The number of phenolic OH excluding ortho intramolecular Hbond substituents is 1. The van der Waals surface area contributed by atoms with E-state index in [1.807, 2.05) is 30.3 Å². The van der Waals surface area contributed by atoms with Gasteiger partial charge in [-0.05, 0) is 29.7 Å². The van der Waals surface area contributed by atoms with E-state index in [-0.39, 0.29) is 28.8 Å². The number of rotatable bonds is 5. The highest BCUT2D eigenvalue weighted by Crippen LogP contribution is 2.32. The number of aromatic hydroxyl groups is 1. The highest BCUT2D eigenvalue weighted by atomic mass is 35.5. The SMILES string of the molecule is N[C@H](Cc1cc(Cl)c(O)c(Cl)c1)C(=O)OCc1ccccc1. The third-order valence-corrected chi connectivity index (χ3v) is 3.64. The fourth-order valence-electron chi connectivity index (χ4n) is 1.91. The van der Waals surface area contributed by atoms with Crippen molar-refractivity contribution >= 4 is 29.2 Å². The molecule has 22 heavy (non-hydrogen) atoms. The Morgan fingerprint density at radius 2 is 1.73 bits per heavy atom. The van der Waals surface area contributed by atoms with Crippen molar-refractivity contribution < 1.29 is 14.6 Å².